The van der Waals surface area contributed by atoms with Crippen molar-refractivity contribution in [1.29, 1.82) is 0 Å². The van der Waals surface area contributed by atoms with Crippen molar-refractivity contribution in [3.63, 3.8) is 0 Å². The minimum absolute atomic E-state index is 0.0837. The Morgan fingerprint density at radius 2 is 1.59 bits per heavy atom. The summed E-state index contributed by atoms with van der Waals surface area (Å²) in [4.78, 5) is 28.1. The van der Waals surface area contributed by atoms with E-state index in [1.807, 2.05) is 92.7 Å². The summed E-state index contributed by atoms with van der Waals surface area (Å²) in [7, 11) is 0. The summed E-state index contributed by atoms with van der Waals surface area (Å²) in [5.74, 6) is 0.472. The van der Waals surface area contributed by atoms with Crippen LogP contribution in [0, 0.1) is 5.92 Å². The molecule has 1 heterocycles. The van der Waals surface area contributed by atoms with Gasteiger partial charge >= 0.3 is 6.03 Å². The second-order valence-corrected chi connectivity index (χ2v) is 10.7. The molecule has 0 spiro atoms. The SMILES string of the molecule is CC(C)CN(CC(=O)Nc1cc(C(C)(C)C)nn1-c1ccccc1)C(=O)Nc1cccc2ccccc12. The molecule has 0 saturated heterocycles. The number of carbonyl (C=O) groups excluding carboxylic acids is 2. The highest BCUT2D eigenvalue weighted by molar-refractivity contribution is 6.03. The van der Waals surface area contributed by atoms with Crippen molar-refractivity contribution < 1.29 is 9.59 Å². The lowest BCUT2D eigenvalue weighted by molar-refractivity contribution is -0.116. The maximum absolute atomic E-state index is 13.3. The topological polar surface area (TPSA) is 79.3 Å². The Kier molecular flexibility index (Phi) is 7.62. The zero-order chi connectivity index (χ0) is 26.6. The Labute approximate surface area is 218 Å². The molecule has 0 aliphatic carbocycles. The molecule has 0 saturated carbocycles. The highest BCUT2D eigenvalue weighted by atomic mass is 16.2. The van der Waals surface area contributed by atoms with Crippen LogP contribution in [0.3, 0.4) is 0 Å². The normalized spacial score (nSPS) is 11.5. The molecular formula is C30H35N5O2. The van der Waals surface area contributed by atoms with Crippen molar-refractivity contribution in [2.75, 3.05) is 23.7 Å². The summed E-state index contributed by atoms with van der Waals surface area (Å²) >= 11 is 0. The number of fused-ring (bicyclic) bond motifs is 1. The van der Waals surface area contributed by atoms with E-state index in [1.165, 1.54) is 0 Å². The first kappa shape index (κ1) is 25.9. The third kappa shape index (κ3) is 6.36. The molecule has 4 rings (SSSR count). The van der Waals surface area contributed by atoms with Crippen molar-refractivity contribution >= 4 is 34.2 Å². The van der Waals surface area contributed by atoms with E-state index in [2.05, 4.69) is 31.4 Å². The molecular weight excluding hydrogens is 462 g/mol. The lowest BCUT2D eigenvalue weighted by Gasteiger charge is -2.25. The monoisotopic (exact) mass is 497 g/mol. The van der Waals surface area contributed by atoms with Gasteiger partial charge in [0.25, 0.3) is 0 Å². The Morgan fingerprint density at radius 1 is 0.919 bits per heavy atom. The molecule has 0 aliphatic heterocycles. The van der Waals surface area contributed by atoms with Crippen LogP contribution in [-0.2, 0) is 10.2 Å². The zero-order valence-electron chi connectivity index (χ0n) is 22.2. The minimum Gasteiger partial charge on any atom is -0.315 e. The van der Waals surface area contributed by atoms with Crippen LogP contribution >= 0.6 is 0 Å². The number of nitrogens with one attached hydrogen (secondary N) is 2. The number of urea groups is 1. The summed E-state index contributed by atoms with van der Waals surface area (Å²) in [6.45, 7) is 10.6. The Morgan fingerprint density at radius 3 is 2.30 bits per heavy atom. The summed E-state index contributed by atoms with van der Waals surface area (Å²) in [5.41, 5.74) is 2.23. The maximum Gasteiger partial charge on any atom is 0.322 e. The average molecular weight is 498 g/mol. The zero-order valence-corrected chi connectivity index (χ0v) is 22.2. The number of aromatic nitrogens is 2. The van der Waals surface area contributed by atoms with Gasteiger partial charge in [0.15, 0.2) is 0 Å². The predicted molar refractivity (Wildman–Crippen MR) is 150 cm³/mol. The molecule has 7 nitrogen and oxygen atoms in total. The van der Waals surface area contributed by atoms with Crippen LogP contribution in [0.2, 0.25) is 0 Å². The van der Waals surface area contributed by atoms with Crippen LogP contribution in [0.25, 0.3) is 16.5 Å². The lowest BCUT2D eigenvalue weighted by Crippen LogP contribution is -2.42. The largest absolute Gasteiger partial charge is 0.322 e. The molecule has 0 atom stereocenters. The molecule has 0 aliphatic rings. The summed E-state index contributed by atoms with van der Waals surface area (Å²) < 4.78 is 1.74. The molecule has 3 aromatic carbocycles. The van der Waals surface area contributed by atoms with Gasteiger partial charge < -0.3 is 15.5 Å². The molecule has 4 aromatic rings. The minimum atomic E-state index is -0.313. The number of para-hydroxylation sites is 1. The summed E-state index contributed by atoms with van der Waals surface area (Å²) in [6.07, 6.45) is 0. The van der Waals surface area contributed by atoms with Crippen molar-refractivity contribution in [2.45, 2.75) is 40.0 Å². The van der Waals surface area contributed by atoms with E-state index in [1.54, 1.807) is 9.58 Å². The molecule has 1 aromatic heterocycles. The quantitative estimate of drug-likeness (QED) is 0.308. The van der Waals surface area contributed by atoms with Gasteiger partial charge in [-0.1, -0.05) is 89.2 Å². The van der Waals surface area contributed by atoms with E-state index < -0.39 is 0 Å². The molecule has 37 heavy (non-hydrogen) atoms. The van der Waals surface area contributed by atoms with E-state index in [-0.39, 0.29) is 29.8 Å². The second kappa shape index (κ2) is 10.9. The number of hydrogen-bond donors (Lipinski definition) is 2. The molecule has 0 bridgehead atoms. The van der Waals surface area contributed by atoms with Crippen molar-refractivity contribution in [1.82, 2.24) is 14.7 Å². The van der Waals surface area contributed by atoms with Gasteiger partial charge in [-0.3, -0.25) is 4.79 Å². The number of amides is 3. The van der Waals surface area contributed by atoms with Crippen LogP contribution in [0.4, 0.5) is 16.3 Å². The fourth-order valence-electron chi connectivity index (χ4n) is 4.15. The second-order valence-electron chi connectivity index (χ2n) is 10.7. The fourth-order valence-corrected chi connectivity index (χ4v) is 4.15. The molecule has 3 amide bonds. The fraction of sp³-hybridized carbons (Fsp3) is 0.300. The number of rotatable bonds is 7. The lowest BCUT2D eigenvalue weighted by atomic mass is 9.92. The van der Waals surface area contributed by atoms with Crippen LogP contribution in [0.15, 0.2) is 78.9 Å². The number of benzene rings is 3. The molecule has 0 unspecified atom stereocenters. The first-order valence-corrected chi connectivity index (χ1v) is 12.6. The van der Waals surface area contributed by atoms with E-state index in [0.717, 1.165) is 22.2 Å². The van der Waals surface area contributed by atoms with Crippen molar-refractivity contribution in [3.05, 3.63) is 84.6 Å². The van der Waals surface area contributed by atoms with Crippen LogP contribution in [-0.4, -0.2) is 39.7 Å². The summed E-state index contributed by atoms with van der Waals surface area (Å²) in [6, 6.07) is 25.0. The van der Waals surface area contributed by atoms with Crippen LogP contribution in [0.5, 0.6) is 0 Å². The average Bonchev–Trinajstić information content (AvgIpc) is 3.28. The molecule has 2 N–H and O–H groups in total. The van der Waals surface area contributed by atoms with E-state index >= 15 is 0 Å². The smallest absolute Gasteiger partial charge is 0.315 e. The van der Waals surface area contributed by atoms with Crippen LogP contribution in [0.1, 0.15) is 40.3 Å². The molecule has 7 heteroatoms. The Balaban J connectivity index is 1.55. The van der Waals surface area contributed by atoms with Gasteiger partial charge in [0, 0.05) is 23.4 Å². The first-order chi connectivity index (χ1) is 17.6. The van der Waals surface area contributed by atoms with Gasteiger partial charge in [-0.2, -0.15) is 5.10 Å². The first-order valence-electron chi connectivity index (χ1n) is 12.6. The van der Waals surface area contributed by atoms with Crippen molar-refractivity contribution in [3.8, 4) is 5.69 Å². The molecule has 0 radical (unpaired) electrons. The molecule has 0 fully saturated rings. The number of anilines is 2. The number of hydrogen-bond acceptors (Lipinski definition) is 3. The highest BCUT2D eigenvalue weighted by Gasteiger charge is 2.23. The highest BCUT2D eigenvalue weighted by Crippen LogP contribution is 2.27. The number of carbonyl (C=O) groups is 2. The van der Waals surface area contributed by atoms with Gasteiger partial charge in [0.1, 0.15) is 12.4 Å². The summed E-state index contributed by atoms with van der Waals surface area (Å²) in [5, 5.41) is 12.8. The third-order valence-corrected chi connectivity index (χ3v) is 5.98. The van der Waals surface area contributed by atoms with Gasteiger partial charge in [0.05, 0.1) is 17.1 Å². The van der Waals surface area contributed by atoms with Gasteiger partial charge in [-0.25, -0.2) is 9.48 Å². The van der Waals surface area contributed by atoms with E-state index in [0.29, 0.717) is 18.1 Å². The standard InChI is InChI=1S/C30H35N5O2/c1-21(2)19-34(29(37)31-25-17-11-13-22-12-9-10-16-24(22)25)20-28(36)32-27-18-26(30(3,4)5)33-35(27)23-14-7-6-8-15-23/h6-18,21H,19-20H2,1-5H3,(H,31,37)(H,32,36). The predicted octanol–water partition coefficient (Wildman–Crippen LogP) is 6.45. The van der Waals surface area contributed by atoms with Gasteiger partial charge in [-0.15, -0.1) is 0 Å². The Bertz CT molecular complexity index is 1380. The van der Waals surface area contributed by atoms with Crippen LogP contribution < -0.4 is 10.6 Å². The Hall–Kier alpha value is -4.13. The van der Waals surface area contributed by atoms with Gasteiger partial charge in [-0.05, 0) is 29.5 Å². The number of nitrogens with zero attached hydrogens (tertiary/aromatic N) is 3. The maximum atomic E-state index is 13.3. The van der Waals surface area contributed by atoms with Gasteiger partial charge in [0.2, 0.25) is 5.91 Å². The van der Waals surface area contributed by atoms with E-state index in [9.17, 15) is 9.59 Å². The molecule has 192 valence electrons. The third-order valence-electron chi connectivity index (χ3n) is 5.98. The van der Waals surface area contributed by atoms with E-state index in [4.69, 9.17) is 5.10 Å². The van der Waals surface area contributed by atoms with Crippen molar-refractivity contribution in [2.24, 2.45) is 5.92 Å².